The first-order valence-electron chi connectivity index (χ1n) is 8.95. The van der Waals surface area contributed by atoms with Crippen LogP contribution in [0.4, 0.5) is 0 Å². The number of halogens is 2. The van der Waals surface area contributed by atoms with E-state index in [2.05, 4.69) is 5.32 Å². The SMILES string of the molecule is CCCC(=O)N(Cc1ccc(Cl)c(Cl)c1)[C@H](Cc1ccccc1)C(=O)NC. The van der Waals surface area contributed by atoms with Gasteiger partial charge in [0.05, 0.1) is 10.0 Å². The predicted octanol–water partition coefficient (Wildman–Crippen LogP) is 4.48. The summed E-state index contributed by atoms with van der Waals surface area (Å²) in [5.41, 5.74) is 1.82. The van der Waals surface area contributed by atoms with Gasteiger partial charge < -0.3 is 10.2 Å². The van der Waals surface area contributed by atoms with Crippen molar-refractivity contribution in [2.24, 2.45) is 0 Å². The molecule has 2 aromatic rings. The van der Waals surface area contributed by atoms with Gasteiger partial charge in [-0.15, -0.1) is 0 Å². The summed E-state index contributed by atoms with van der Waals surface area (Å²) < 4.78 is 0. The number of nitrogens with one attached hydrogen (secondary N) is 1. The van der Waals surface area contributed by atoms with Crippen LogP contribution in [0.25, 0.3) is 0 Å². The molecule has 2 amide bonds. The fourth-order valence-corrected chi connectivity index (χ4v) is 3.23. The normalized spacial score (nSPS) is 11.7. The van der Waals surface area contributed by atoms with Gasteiger partial charge >= 0.3 is 0 Å². The Labute approximate surface area is 170 Å². The van der Waals surface area contributed by atoms with Crippen LogP contribution in [0, 0.1) is 0 Å². The van der Waals surface area contributed by atoms with E-state index in [4.69, 9.17) is 23.2 Å². The molecular formula is C21H24Cl2N2O2. The van der Waals surface area contributed by atoms with Crippen molar-refractivity contribution >= 4 is 35.0 Å². The van der Waals surface area contributed by atoms with Crippen LogP contribution in [0.15, 0.2) is 48.5 Å². The number of carbonyl (C=O) groups excluding carboxylic acids is 2. The van der Waals surface area contributed by atoms with Gasteiger partial charge in [0, 0.05) is 26.4 Å². The Morgan fingerprint density at radius 3 is 2.33 bits per heavy atom. The van der Waals surface area contributed by atoms with Gasteiger partial charge in [0.25, 0.3) is 0 Å². The lowest BCUT2D eigenvalue weighted by molar-refractivity contribution is -0.141. The number of likely N-dealkylation sites (N-methyl/N-ethyl adjacent to an activating group) is 1. The van der Waals surface area contributed by atoms with Gasteiger partial charge in [-0.05, 0) is 29.7 Å². The van der Waals surface area contributed by atoms with Crippen LogP contribution < -0.4 is 5.32 Å². The van der Waals surface area contributed by atoms with E-state index in [1.165, 1.54) is 0 Å². The van der Waals surface area contributed by atoms with Gasteiger partial charge in [0.1, 0.15) is 6.04 Å². The molecule has 1 atom stereocenters. The first kappa shape index (κ1) is 21.3. The van der Waals surface area contributed by atoms with E-state index in [0.717, 1.165) is 11.1 Å². The largest absolute Gasteiger partial charge is 0.357 e. The lowest BCUT2D eigenvalue weighted by Gasteiger charge is -2.31. The van der Waals surface area contributed by atoms with Crippen molar-refractivity contribution in [2.75, 3.05) is 7.05 Å². The van der Waals surface area contributed by atoms with E-state index in [1.54, 1.807) is 24.1 Å². The second-order valence-corrected chi connectivity index (χ2v) is 7.15. The molecule has 0 saturated heterocycles. The van der Waals surface area contributed by atoms with Gasteiger partial charge in [-0.25, -0.2) is 0 Å². The van der Waals surface area contributed by atoms with Crippen molar-refractivity contribution in [1.82, 2.24) is 10.2 Å². The van der Waals surface area contributed by atoms with Crippen LogP contribution in [0.1, 0.15) is 30.9 Å². The van der Waals surface area contributed by atoms with Gasteiger partial charge in [-0.2, -0.15) is 0 Å². The predicted molar refractivity (Wildman–Crippen MR) is 110 cm³/mol. The monoisotopic (exact) mass is 406 g/mol. The molecular weight excluding hydrogens is 383 g/mol. The third-order valence-corrected chi connectivity index (χ3v) is 5.06. The molecule has 0 saturated carbocycles. The van der Waals surface area contributed by atoms with Crippen molar-refractivity contribution in [2.45, 2.75) is 38.8 Å². The zero-order valence-corrected chi connectivity index (χ0v) is 17.1. The molecule has 6 heteroatoms. The minimum Gasteiger partial charge on any atom is -0.357 e. The second-order valence-electron chi connectivity index (χ2n) is 6.34. The van der Waals surface area contributed by atoms with Gasteiger partial charge in [-0.1, -0.05) is 66.5 Å². The van der Waals surface area contributed by atoms with Crippen LogP contribution in [0.3, 0.4) is 0 Å². The highest BCUT2D eigenvalue weighted by molar-refractivity contribution is 6.42. The Kier molecular flexibility index (Phi) is 8.14. The van der Waals surface area contributed by atoms with Crippen molar-refractivity contribution in [3.8, 4) is 0 Å². The highest BCUT2D eigenvalue weighted by atomic mass is 35.5. The summed E-state index contributed by atoms with van der Waals surface area (Å²) in [4.78, 5) is 27.1. The fraction of sp³-hybridized carbons (Fsp3) is 0.333. The van der Waals surface area contributed by atoms with Gasteiger partial charge in [-0.3, -0.25) is 9.59 Å². The number of hydrogen-bond donors (Lipinski definition) is 1. The standard InChI is InChI=1S/C21H24Cl2N2O2/c1-3-7-20(26)25(14-16-10-11-17(22)18(23)12-16)19(21(27)24-2)13-15-8-5-4-6-9-15/h4-6,8-12,19H,3,7,13-14H2,1-2H3,(H,24,27)/t19-/m1/s1. The molecule has 0 fully saturated rings. The molecule has 0 bridgehead atoms. The number of nitrogens with zero attached hydrogens (tertiary/aromatic N) is 1. The van der Waals surface area contributed by atoms with Crippen molar-refractivity contribution < 1.29 is 9.59 Å². The maximum Gasteiger partial charge on any atom is 0.242 e. The Bertz CT molecular complexity index is 781. The Morgan fingerprint density at radius 2 is 1.74 bits per heavy atom. The Balaban J connectivity index is 2.35. The van der Waals surface area contributed by atoms with Crippen LogP contribution in [-0.4, -0.2) is 29.8 Å². The molecule has 0 aliphatic carbocycles. The lowest BCUT2D eigenvalue weighted by atomic mass is 10.0. The van der Waals surface area contributed by atoms with Crippen LogP contribution in [0.5, 0.6) is 0 Å². The summed E-state index contributed by atoms with van der Waals surface area (Å²) in [7, 11) is 1.59. The summed E-state index contributed by atoms with van der Waals surface area (Å²) in [6.07, 6.45) is 1.53. The third kappa shape index (κ3) is 5.98. The van der Waals surface area contributed by atoms with Crippen molar-refractivity contribution in [3.05, 3.63) is 69.7 Å². The van der Waals surface area contributed by atoms with Crippen LogP contribution in [0.2, 0.25) is 10.0 Å². The quantitative estimate of drug-likeness (QED) is 0.702. The molecule has 1 N–H and O–H groups in total. The maximum absolute atomic E-state index is 12.8. The van der Waals surface area contributed by atoms with E-state index < -0.39 is 6.04 Å². The molecule has 0 spiro atoms. The molecule has 2 rings (SSSR count). The summed E-state index contributed by atoms with van der Waals surface area (Å²) in [5, 5.41) is 3.57. The highest BCUT2D eigenvalue weighted by Crippen LogP contribution is 2.24. The number of benzene rings is 2. The Morgan fingerprint density at radius 1 is 1.04 bits per heavy atom. The third-order valence-electron chi connectivity index (χ3n) is 4.32. The van der Waals surface area contributed by atoms with Gasteiger partial charge in [0.15, 0.2) is 0 Å². The van der Waals surface area contributed by atoms with Crippen LogP contribution in [-0.2, 0) is 22.6 Å². The molecule has 0 radical (unpaired) electrons. The summed E-state index contributed by atoms with van der Waals surface area (Å²) in [6, 6.07) is 14.3. The molecule has 2 aromatic carbocycles. The first-order valence-corrected chi connectivity index (χ1v) is 9.70. The lowest BCUT2D eigenvalue weighted by Crippen LogP contribution is -2.49. The second kappa shape index (κ2) is 10.3. The first-order chi connectivity index (χ1) is 13.0. The van der Waals surface area contributed by atoms with Gasteiger partial charge in [0.2, 0.25) is 11.8 Å². The molecule has 0 heterocycles. The minimum absolute atomic E-state index is 0.0619. The molecule has 27 heavy (non-hydrogen) atoms. The molecule has 0 aliphatic rings. The smallest absolute Gasteiger partial charge is 0.242 e. The average Bonchev–Trinajstić information content (AvgIpc) is 2.67. The van der Waals surface area contributed by atoms with E-state index in [9.17, 15) is 9.59 Å². The number of rotatable bonds is 8. The summed E-state index contributed by atoms with van der Waals surface area (Å²) in [5.74, 6) is -0.253. The van der Waals surface area contributed by atoms with E-state index >= 15 is 0 Å². The molecule has 144 valence electrons. The molecule has 0 unspecified atom stereocenters. The highest BCUT2D eigenvalue weighted by Gasteiger charge is 2.29. The van der Waals surface area contributed by atoms with E-state index in [-0.39, 0.29) is 11.8 Å². The average molecular weight is 407 g/mol. The molecule has 0 aromatic heterocycles. The summed E-state index contributed by atoms with van der Waals surface area (Å²) >= 11 is 12.1. The number of carbonyl (C=O) groups is 2. The zero-order valence-electron chi connectivity index (χ0n) is 15.5. The number of hydrogen-bond acceptors (Lipinski definition) is 2. The topological polar surface area (TPSA) is 49.4 Å². The Hall–Kier alpha value is -2.04. The van der Waals surface area contributed by atoms with Crippen LogP contribution >= 0.6 is 23.2 Å². The maximum atomic E-state index is 12.8. The fourth-order valence-electron chi connectivity index (χ4n) is 2.91. The van der Waals surface area contributed by atoms with E-state index in [1.807, 2.05) is 43.3 Å². The van der Waals surface area contributed by atoms with Crippen molar-refractivity contribution in [3.63, 3.8) is 0 Å². The number of amides is 2. The summed E-state index contributed by atoms with van der Waals surface area (Å²) in [6.45, 7) is 2.24. The minimum atomic E-state index is -0.606. The van der Waals surface area contributed by atoms with E-state index in [0.29, 0.717) is 35.9 Å². The molecule has 0 aliphatic heterocycles. The zero-order chi connectivity index (χ0) is 19.8. The molecule has 4 nitrogen and oxygen atoms in total. The van der Waals surface area contributed by atoms with Crippen molar-refractivity contribution in [1.29, 1.82) is 0 Å².